The Balaban J connectivity index is 1.61. The molecule has 0 aliphatic heterocycles. The highest BCUT2D eigenvalue weighted by molar-refractivity contribution is 9.11. The van der Waals surface area contributed by atoms with Crippen molar-refractivity contribution in [3.05, 3.63) is 62.4 Å². The maximum atomic E-state index is 12.1. The van der Waals surface area contributed by atoms with E-state index in [1.165, 1.54) is 11.3 Å². The van der Waals surface area contributed by atoms with Gasteiger partial charge >= 0.3 is 0 Å². The number of aromatic nitrogens is 1. The second-order valence-electron chi connectivity index (χ2n) is 5.27. The van der Waals surface area contributed by atoms with Crippen LogP contribution in [0.25, 0.3) is 11.3 Å². The highest BCUT2D eigenvalue weighted by atomic mass is 79.9. The third-order valence-electron chi connectivity index (χ3n) is 3.36. The summed E-state index contributed by atoms with van der Waals surface area (Å²) in [4.78, 5) is 16.6. The van der Waals surface area contributed by atoms with Crippen molar-refractivity contribution in [2.24, 2.45) is 0 Å². The van der Waals surface area contributed by atoms with Gasteiger partial charge in [0.1, 0.15) is 5.75 Å². The first-order chi connectivity index (χ1) is 12.0. The van der Waals surface area contributed by atoms with Crippen molar-refractivity contribution in [1.29, 1.82) is 0 Å². The number of carbonyl (C=O) groups is 1. The lowest BCUT2D eigenvalue weighted by Gasteiger charge is -2.11. The standard InChI is InChI=1S/C18H14Br2N2O2S/c1-11-7-13(19)8-14(20)17(11)24-9-16(23)22-18-21-15(10-25-18)12-5-3-2-4-6-12/h2-8,10H,9H2,1H3,(H,21,22,23). The number of halogens is 2. The molecule has 0 unspecified atom stereocenters. The molecule has 0 atom stereocenters. The first-order valence-electron chi connectivity index (χ1n) is 7.42. The van der Waals surface area contributed by atoms with Crippen LogP contribution in [-0.4, -0.2) is 17.5 Å². The van der Waals surface area contributed by atoms with Crippen LogP contribution in [0.5, 0.6) is 5.75 Å². The van der Waals surface area contributed by atoms with Crippen LogP contribution in [0.2, 0.25) is 0 Å². The van der Waals surface area contributed by atoms with Gasteiger partial charge in [0.15, 0.2) is 11.7 Å². The third kappa shape index (κ3) is 4.68. The van der Waals surface area contributed by atoms with Crippen molar-refractivity contribution >= 4 is 54.2 Å². The molecular formula is C18H14Br2N2O2S. The Morgan fingerprint density at radius 3 is 2.72 bits per heavy atom. The van der Waals surface area contributed by atoms with Gasteiger partial charge in [0.2, 0.25) is 0 Å². The molecule has 0 aliphatic rings. The zero-order valence-electron chi connectivity index (χ0n) is 13.3. The SMILES string of the molecule is Cc1cc(Br)cc(Br)c1OCC(=O)Nc1nc(-c2ccccc2)cs1. The molecule has 1 aromatic heterocycles. The lowest BCUT2D eigenvalue weighted by atomic mass is 10.2. The van der Waals surface area contributed by atoms with Crippen LogP contribution in [0.4, 0.5) is 5.13 Å². The zero-order valence-corrected chi connectivity index (χ0v) is 17.2. The number of rotatable bonds is 5. The van der Waals surface area contributed by atoms with E-state index >= 15 is 0 Å². The van der Waals surface area contributed by atoms with E-state index in [2.05, 4.69) is 42.2 Å². The van der Waals surface area contributed by atoms with Gasteiger partial charge < -0.3 is 4.74 Å². The Morgan fingerprint density at radius 1 is 1.24 bits per heavy atom. The number of benzene rings is 2. The van der Waals surface area contributed by atoms with Gasteiger partial charge in [0.25, 0.3) is 5.91 Å². The van der Waals surface area contributed by atoms with Gasteiger partial charge in [0.05, 0.1) is 10.2 Å². The molecule has 4 nitrogen and oxygen atoms in total. The summed E-state index contributed by atoms with van der Waals surface area (Å²) in [5.41, 5.74) is 2.80. The molecule has 0 aliphatic carbocycles. The Labute approximate surface area is 166 Å². The number of anilines is 1. The first kappa shape index (κ1) is 18.1. The van der Waals surface area contributed by atoms with E-state index in [1.54, 1.807) is 0 Å². The topological polar surface area (TPSA) is 51.2 Å². The van der Waals surface area contributed by atoms with Crippen molar-refractivity contribution in [3.63, 3.8) is 0 Å². The highest BCUT2D eigenvalue weighted by Gasteiger charge is 2.12. The summed E-state index contributed by atoms with van der Waals surface area (Å²) in [6.07, 6.45) is 0. The van der Waals surface area contributed by atoms with E-state index in [9.17, 15) is 4.79 Å². The normalized spacial score (nSPS) is 10.5. The molecule has 3 rings (SSSR count). The minimum atomic E-state index is -0.247. The number of nitrogens with one attached hydrogen (secondary N) is 1. The van der Waals surface area contributed by atoms with Crippen LogP contribution in [-0.2, 0) is 4.79 Å². The molecule has 0 saturated heterocycles. The lowest BCUT2D eigenvalue weighted by Crippen LogP contribution is -2.20. The Hall–Kier alpha value is -1.70. The van der Waals surface area contributed by atoms with Crippen LogP contribution in [0.1, 0.15) is 5.56 Å². The molecule has 0 radical (unpaired) electrons. The summed E-state index contributed by atoms with van der Waals surface area (Å²) in [7, 11) is 0. The molecule has 0 saturated carbocycles. The van der Waals surface area contributed by atoms with Crippen molar-refractivity contribution in [2.75, 3.05) is 11.9 Å². The molecule has 1 N–H and O–H groups in total. The van der Waals surface area contributed by atoms with Gasteiger partial charge in [0, 0.05) is 15.4 Å². The average Bonchev–Trinajstić information content (AvgIpc) is 3.03. The van der Waals surface area contributed by atoms with Crippen molar-refractivity contribution < 1.29 is 9.53 Å². The summed E-state index contributed by atoms with van der Waals surface area (Å²) >= 11 is 8.26. The van der Waals surface area contributed by atoms with E-state index in [0.717, 1.165) is 25.8 Å². The molecule has 7 heteroatoms. The Bertz CT molecular complexity index is 874. The molecule has 3 aromatic rings. The summed E-state index contributed by atoms with van der Waals surface area (Å²) < 4.78 is 7.39. The predicted molar refractivity (Wildman–Crippen MR) is 108 cm³/mol. The second-order valence-corrected chi connectivity index (χ2v) is 7.90. The smallest absolute Gasteiger partial charge is 0.264 e. The fourth-order valence-corrected chi connectivity index (χ4v) is 4.53. The zero-order chi connectivity index (χ0) is 17.8. The number of aryl methyl sites for hydroxylation is 1. The molecule has 0 bridgehead atoms. The molecule has 1 amide bonds. The van der Waals surface area contributed by atoms with E-state index in [0.29, 0.717) is 10.9 Å². The average molecular weight is 482 g/mol. The summed E-state index contributed by atoms with van der Waals surface area (Å²) in [5.74, 6) is 0.408. The summed E-state index contributed by atoms with van der Waals surface area (Å²) in [6, 6.07) is 13.7. The molecule has 128 valence electrons. The second kappa shape index (κ2) is 8.12. The Morgan fingerprint density at radius 2 is 2.00 bits per heavy atom. The molecule has 0 fully saturated rings. The van der Waals surface area contributed by atoms with Gasteiger partial charge in [-0.1, -0.05) is 46.3 Å². The van der Waals surface area contributed by atoms with Crippen molar-refractivity contribution in [1.82, 2.24) is 4.98 Å². The summed E-state index contributed by atoms with van der Waals surface area (Å²) in [5, 5.41) is 5.24. The van der Waals surface area contributed by atoms with Gasteiger partial charge in [-0.25, -0.2) is 4.98 Å². The van der Waals surface area contributed by atoms with Gasteiger partial charge in [-0.2, -0.15) is 0 Å². The maximum absolute atomic E-state index is 12.1. The van der Waals surface area contributed by atoms with E-state index in [1.807, 2.05) is 54.8 Å². The largest absolute Gasteiger partial charge is 0.482 e. The minimum Gasteiger partial charge on any atom is -0.482 e. The number of hydrogen-bond acceptors (Lipinski definition) is 4. The van der Waals surface area contributed by atoms with Gasteiger partial charge in [-0.3, -0.25) is 10.1 Å². The van der Waals surface area contributed by atoms with Crippen LogP contribution in [0, 0.1) is 6.92 Å². The van der Waals surface area contributed by atoms with Gasteiger partial charge in [-0.05, 0) is 40.5 Å². The molecule has 25 heavy (non-hydrogen) atoms. The van der Waals surface area contributed by atoms with Crippen LogP contribution < -0.4 is 10.1 Å². The third-order valence-corrected chi connectivity index (χ3v) is 5.17. The first-order valence-corrected chi connectivity index (χ1v) is 9.89. The van der Waals surface area contributed by atoms with E-state index in [-0.39, 0.29) is 12.5 Å². The maximum Gasteiger partial charge on any atom is 0.264 e. The monoisotopic (exact) mass is 480 g/mol. The minimum absolute atomic E-state index is 0.0820. The molecule has 1 heterocycles. The number of thiazole rings is 1. The number of carbonyl (C=O) groups excluding carboxylic acids is 1. The van der Waals surface area contributed by atoms with Crippen molar-refractivity contribution in [2.45, 2.75) is 6.92 Å². The highest BCUT2D eigenvalue weighted by Crippen LogP contribution is 2.32. The predicted octanol–water partition coefficient (Wildman–Crippen LogP) is 5.66. The quantitative estimate of drug-likeness (QED) is 0.511. The van der Waals surface area contributed by atoms with Gasteiger partial charge in [-0.15, -0.1) is 11.3 Å². The van der Waals surface area contributed by atoms with E-state index < -0.39 is 0 Å². The fourth-order valence-electron chi connectivity index (χ4n) is 2.24. The van der Waals surface area contributed by atoms with E-state index in [4.69, 9.17) is 4.74 Å². The number of nitrogens with zero attached hydrogens (tertiary/aromatic N) is 1. The number of ether oxygens (including phenoxy) is 1. The molecule has 0 spiro atoms. The van der Waals surface area contributed by atoms with Crippen molar-refractivity contribution in [3.8, 4) is 17.0 Å². The number of hydrogen-bond donors (Lipinski definition) is 1. The lowest BCUT2D eigenvalue weighted by molar-refractivity contribution is -0.118. The number of amides is 1. The van der Waals surface area contributed by atoms with Crippen LogP contribution in [0.15, 0.2) is 56.8 Å². The molecular weight excluding hydrogens is 468 g/mol. The fraction of sp³-hybridized carbons (Fsp3) is 0.111. The molecule has 2 aromatic carbocycles. The Kier molecular flexibility index (Phi) is 5.88. The summed E-state index contributed by atoms with van der Waals surface area (Å²) in [6.45, 7) is 1.84. The van der Waals surface area contributed by atoms with Crippen LogP contribution in [0.3, 0.4) is 0 Å². The van der Waals surface area contributed by atoms with Crippen LogP contribution >= 0.6 is 43.2 Å².